The second-order valence-corrected chi connectivity index (χ2v) is 10.1. The van der Waals surface area contributed by atoms with E-state index < -0.39 is 0 Å². The zero-order chi connectivity index (χ0) is 26.4. The molecule has 2 heterocycles. The molecule has 1 aromatic heterocycles. The summed E-state index contributed by atoms with van der Waals surface area (Å²) in [6.07, 6.45) is 4.05. The van der Waals surface area contributed by atoms with Crippen LogP contribution in [0.3, 0.4) is 0 Å². The molecular weight excluding hydrogens is 476 g/mol. The van der Waals surface area contributed by atoms with Crippen LogP contribution in [-0.4, -0.2) is 66.0 Å². The Morgan fingerprint density at radius 1 is 0.868 bits per heavy atom. The summed E-state index contributed by atoms with van der Waals surface area (Å²) in [6.45, 7) is 5.36. The van der Waals surface area contributed by atoms with Crippen LogP contribution >= 0.6 is 0 Å². The lowest BCUT2D eigenvalue weighted by Gasteiger charge is -2.40. The number of rotatable bonds is 8. The third-order valence-electron chi connectivity index (χ3n) is 7.63. The summed E-state index contributed by atoms with van der Waals surface area (Å²) in [5.74, 6) is 2.42. The molecule has 1 saturated heterocycles. The van der Waals surface area contributed by atoms with E-state index in [1.54, 1.807) is 0 Å². The second-order valence-electron chi connectivity index (χ2n) is 10.1. The highest BCUT2D eigenvalue weighted by Crippen LogP contribution is 2.42. The zero-order valence-electron chi connectivity index (χ0n) is 22.0. The van der Waals surface area contributed by atoms with E-state index in [9.17, 15) is 9.59 Å². The molecule has 2 amide bonds. The maximum Gasteiger partial charge on any atom is 0.233 e. The van der Waals surface area contributed by atoms with E-state index in [0.29, 0.717) is 50.9 Å². The molecule has 0 radical (unpaired) electrons. The van der Waals surface area contributed by atoms with E-state index in [2.05, 4.69) is 32.6 Å². The molecule has 8 heteroatoms. The van der Waals surface area contributed by atoms with Crippen LogP contribution in [0.5, 0.6) is 0 Å². The van der Waals surface area contributed by atoms with Crippen LogP contribution in [0.1, 0.15) is 38.2 Å². The Balaban J connectivity index is 1.31. The number of amides is 2. The topological polar surface area (TPSA) is 90.5 Å². The van der Waals surface area contributed by atoms with Gasteiger partial charge >= 0.3 is 0 Å². The Morgan fingerprint density at radius 3 is 2.18 bits per heavy atom. The van der Waals surface area contributed by atoms with Crippen molar-refractivity contribution in [2.75, 3.05) is 49.5 Å². The van der Waals surface area contributed by atoms with Gasteiger partial charge in [0.25, 0.3) is 0 Å². The maximum absolute atomic E-state index is 13.9. The predicted octanol–water partition coefficient (Wildman–Crippen LogP) is 3.85. The molecule has 1 aliphatic heterocycles. The van der Waals surface area contributed by atoms with Gasteiger partial charge in [-0.15, -0.1) is 0 Å². The van der Waals surface area contributed by atoms with E-state index in [1.165, 1.54) is 6.92 Å². The lowest BCUT2D eigenvalue weighted by atomic mass is 9.77. The standard InChI is InChI=1S/C30H36N6O2/c1-23(37)31-16-17-32-26-22-27(34-28(33-26)24-10-4-2-5-11-24)35-18-20-36(21-19-35)29(38)30(14-8-9-15-30)25-12-6-3-7-13-25/h2-7,10-13,22H,8-9,14-21H2,1H3,(H,31,37)(H,32,33,34). The van der Waals surface area contributed by atoms with Crippen molar-refractivity contribution in [3.05, 3.63) is 72.3 Å². The van der Waals surface area contributed by atoms with Crippen molar-refractivity contribution in [3.8, 4) is 11.4 Å². The van der Waals surface area contributed by atoms with Gasteiger partial charge in [0.1, 0.15) is 11.6 Å². The fourth-order valence-electron chi connectivity index (χ4n) is 5.64. The largest absolute Gasteiger partial charge is 0.368 e. The van der Waals surface area contributed by atoms with Crippen LogP contribution in [-0.2, 0) is 15.0 Å². The van der Waals surface area contributed by atoms with E-state index in [0.717, 1.165) is 42.6 Å². The first-order valence-electron chi connectivity index (χ1n) is 13.6. The second kappa shape index (κ2) is 11.6. The first-order valence-corrected chi connectivity index (χ1v) is 13.6. The summed E-state index contributed by atoms with van der Waals surface area (Å²) in [4.78, 5) is 39.0. The van der Waals surface area contributed by atoms with Gasteiger partial charge in [0.15, 0.2) is 5.82 Å². The van der Waals surface area contributed by atoms with Gasteiger partial charge in [-0.1, -0.05) is 73.5 Å². The number of piperazine rings is 1. The van der Waals surface area contributed by atoms with Crippen molar-refractivity contribution >= 4 is 23.5 Å². The zero-order valence-corrected chi connectivity index (χ0v) is 22.0. The number of aromatic nitrogens is 2. The van der Waals surface area contributed by atoms with Crippen LogP contribution in [0.15, 0.2) is 66.7 Å². The third kappa shape index (κ3) is 5.64. The normalized spacial score (nSPS) is 16.8. The SMILES string of the molecule is CC(=O)NCCNc1cc(N2CCN(C(=O)C3(c4ccccc4)CCCC3)CC2)nc(-c2ccccc2)n1. The fourth-order valence-corrected chi connectivity index (χ4v) is 5.64. The minimum Gasteiger partial charge on any atom is -0.368 e. The molecule has 0 bridgehead atoms. The molecule has 2 aromatic carbocycles. The number of carbonyl (C=O) groups excluding carboxylic acids is 2. The highest BCUT2D eigenvalue weighted by atomic mass is 16.2. The Morgan fingerprint density at radius 2 is 1.53 bits per heavy atom. The van der Waals surface area contributed by atoms with Gasteiger partial charge < -0.3 is 20.4 Å². The van der Waals surface area contributed by atoms with Gasteiger partial charge in [-0.05, 0) is 18.4 Å². The van der Waals surface area contributed by atoms with Crippen LogP contribution in [0.25, 0.3) is 11.4 Å². The smallest absolute Gasteiger partial charge is 0.233 e. The molecule has 0 atom stereocenters. The summed E-state index contributed by atoms with van der Waals surface area (Å²) < 4.78 is 0. The molecule has 5 rings (SSSR count). The number of hydrogen-bond acceptors (Lipinski definition) is 6. The van der Waals surface area contributed by atoms with E-state index in [-0.39, 0.29) is 17.2 Å². The van der Waals surface area contributed by atoms with Crippen molar-refractivity contribution in [1.29, 1.82) is 0 Å². The van der Waals surface area contributed by atoms with Crippen LogP contribution < -0.4 is 15.5 Å². The highest BCUT2D eigenvalue weighted by molar-refractivity contribution is 5.89. The Bertz CT molecular complexity index is 1240. The number of carbonyl (C=O) groups is 2. The van der Waals surface area contributed by atoms with Crippen LogP contribution in [0.4, 0.5) is 11.6 Å². The van der Waals surface area contributed by atoms with Crippen molar-refractivity contribution < 1.29 is 9.59 Å². The Labute approximate surface area is 224 Å². The first kappa shape index (κ1) is 25.7. The Kier molecular flexibility index (Phi) is 7.86. The molecule has 2 fully saturated rings. The van der Waals surface area contributed by atoms with Gasteiger partial charge in [-0.3, -0.25) is 9.59 Å². The van der Waals surface area contributed by atoms with E-state index in [1.807, 2.05) is 54.6 Å². The summed E-state index contributed by atoms with van der Waals surface area (Å²) in [5, 5.41) is 6.12. The van der Waals surface area contributed by atoms with E-state index in [4.69, 9.17) is 9.97 Å². The number of hydrogen-bond donors (Lipinski definition) is 2. The quantitative estimate of drug-likeness (QED) is 0.446. The molecule has 198 valence electrons. The van der Waals surface area contributed by atoms with Gasteiger partial charge in [-0.25, -0.2) is 9.97 Å². The molecule has 38 heavy (non-hydrogen) atoms. The fraction of sp³-hybridized carbons (Fsp3) is 0.400. The summed E-state index contributed by atoms with van der Waals surface area (Å²) in [6, 6.07) is 22.2. The molecule has 0 spiro atoms. The van der Waals surface area contributed by atoms with Crippen LogP contribution in [0, 0.1) is 0 Å². The first-order chi connectivity index (χ1) is 18.5. The molecule has 8 nitrogen and oxygen atoms in total. The number of nitrogens with zero attached hydrogens (tertiary/aromatic N) is 4. The van der Waals surface area contributed by atoms with Crippen molar-refractivity contribution in [2.45, 2.75) is 38.0 Å². The lowest BCUT2D eigenvalue weighted by molar-refractivity contribution is -0.137. The third-order valence-corrected chi connectivity index (χ3v) is 7.63. The van der Waals surface area contributed by atoms with Gasteiger partial charge in [-0.2, -0.15) is 0 Å². The average Bonchev–Trinajstić information content (AvgIpc) is 3.47. The van der Waals surface area contributed by atoms with Gasteiger partial charge in [0.2, 0.25) is 11.8 Å². The number of nitrogens with one attached hydrogen (secondary N) is 2. The molecule has 0 unspecified atom stereocenters. The van der Waals surface area contributed by atoms with Crippen molar-refractivity contribution in [1.82, 2.24) is 20.2 Å². The van der Waals surface area contributed by atoms with Gasteiger partial charge in [0.05, 0.1) is 5.41 Å². The molecule has 1 saturated carbocycles. The molecule has 2 aliphatic rings. The molecular formula is C30H36N6O2. The lowest BCUT2D eigenvalue weighted by Crippen LogP contribution is -2.54. The minimum absolute atomic E-state index is 0.0563. The highest BCUT2D eigenvalue weighted by Gasteiger charge is 2.45. The summed E-state index contributed by atoms with van der Waals surface area (Å²) in [7, 11) is 0. The maximum atomic E-state index is 13.9. The van der Waals surface area contributed by atoms with Crippen molar-refractivity contribution in [2.24, 2.45) is 0 Å². The Hall–Kier alpha value is -3.94. The summed E-state index contributed by atoms with van der Waals surface area (Å²) in [5.41, 5.74) is 1.71. The molecule has 3 aromatic rings. The molecule has 2 N–H and O–H groups in total. The molecule has 1 aliphatic carbocycles. The van der Waals surface area contributed by atoms with E-state index >= 15 is 0 Å². The van der Waals surface area contributed by atoms with Crippen LogP contribution in [0.2, 0.25) is 0 Å². The predicted molar refractivity (Wildman–Crippen MR) is 150 cm³/mol. The van der Waals surface area contributed by atoms with Crippen molar-refractivity contribution in [3.63, 3.8) is 0 Å². The number of benzene rings is 2. The monoisotopic (exact) mass is 512 g/mol. The summed E-state index contributed by atoms with van der Waals surface area (Å²) >= 11 is 0. The minimum atomic E-state index is -0.385. The number of anilines is 2. The van der Waals surface area contributed by atoms with Gasteiger partial charge in [0, 0.05) is 57.8 Å². The average molecular weight is 513 g/mol.